The Morgan fingerprint density at radius 1 is 1.16 bits per heavy atom. The number of nitrogens with one attached hydrogen (secondary N) is 1. The van der Waals surface area contributed by atoms with E-state index in [-0.39, 0.29) is 0 Å². The number of halogens is 3. The molecule has 3 nitrogen and oxygen atoms in total. The van der Waals surface area contributed by atoms with Crippen molar-refractivity contribution in [1.29, 1.82) is 0 Å². The summed E-state index contributed by atoms with van der Waals surface area (Å²) in [5, 5.41) is 5.48. The minimum atomic E-state index is 0.537. The van der Waals surface area contributed by atoms with E-state index in [4.69, 9.17) is 23.2 Å². The zero-order valence-electron chi connectivity index (χ0n) is 10.1. The molecule has 0 amide bonds. The quantitative estimate of drug-likeness (QED) is 0.840. The lowest BCUT2D eigenvalue weighted by Crippen LogP contribution is -2.43. The number of hydrogen-bond acceptors (Lipinski definition) is 3. The van der Waals surface area contributed by atoms with E-state index in [2.05, 4.69) is 31.1 Å². The van der Waals surface area contributed by atoms with Gasteiger partial charge in [-0.05, 0) is 28.1 Å². The molecule has 100 valence electrons. The molecule has 0 saturated carbocycles. The van der Waals surface area contributed by atoms with Crippen molar-refractivity contribution >= 4 is 55.7 Å². The summed E-state index contributed by atoms with van der Waals surface area (Å²) in [6, 6.07) is 3.71. The largest absolute Gasteiger partial charge is 0.367 e. The number of fused-ring (bicyclic) bond motifs is 1. The summed E-state index contributed by atoms with van der Waals surface area (Å²) in [5.41, 5.74) is 2.01. The molecule has 0 spiro atoms. The summed E-state index contributed by atoms with van der Waals surface area (Å²) in [6.07, 6.45) is 1.82. The van der Waals surface area contributed by atoms with E-state index in [1.54, 1.807) is 0 Å². The van der Waals surface area contributed by atoms with Crippen LogP contribution in [0.5, 0.6) is 0 Å². The first-order valence-corrected chi connectivity index (χ1v) is 7.60. The van der Waals surface area contributed by atoms with Gasteiger partial charge in [0.25, 0.3) is 0 Å². The van der Waals surface area contributed by atoms with E-state index in [9.17, 15) is 0 Å². The van der Waals surface area contributed by atoms with Gasteiger partial charge in [-0.15, -0.1) is 0 Å². The number of pyridine rings is 1. The van der Waals surface area contributed by atoms with Gasteiger partial charge in [0, 0.05) is 37.8 Å². The summed E-state index contributed by atoms with van der Waals surface area (Å²) in [7, 11) is 0. The van der Waals surface area contributed by atoms with Crippen LogP contribution in [0, 0.1) is 0 Å². The summed E-state index contributed by atoms with van der Waals surface area (Å²) in [4.78, 5) is 6.75. The van der Waals surface area contributed by atoms with Crippen LogP contribution in [-0.4, -0.2) is 31.2 Å². The lowest BCUT2D eigenvalue weighted by atomic mass is 10.1. The lowest BCUT2D eigenvalue weighted by Gasteiger charge is -2.31. The molecule has 0 bridgehead atoms. The molecule has 1 aliphatic rings. The average molecular weight is 361 g/mol. The van der Waals surface area contributed by atoms with E-state index in [0.29, 0.717) is 10.0 Å². The van der Waals surface area contributed by atoms with Gasteiger partial charge in [-0.2, -0.15) is 0 Å². The van der Waals surface area contributed by atoms with Crippen molar-refractivity contribution in [2.75, 3.05) is 31.1 Å². The number of anilines is 1. The second kappa shape index (κ2) is 5.44. The van der Waals surface area contributed by atoms with Crippen LogP contribution in [0.25, 0.3) is 10.9 Å². The minimum Gasteiger partial charge on any atom is -0.367 e. The second-order valence-electron chi connectivity index (χ2n) is 4.48. The Balaban J connectivity index is 2.20. The van der Waals surface area contributed by atoms with E-state index >= 15 is 0 Å². The number of piperazine rings is 1. The van der Waals surface area contributed by atoms with Crippen molar-refractivity contribution < 1.29 is 0 Å². The molecule has 0 radical (unpaired) electrons. The second-order valence-corrected chi connectivity index (χ2v) is 6.14. The molecule has 19 heavy (non-hydrogen) atoms. The van der Waals surface area contributed by atoms with Crippen molar-refractivity contribution in [1.82, 2.24) is 10.3 Å². The van der Waals surface area contributed by atoms with Crippen molar-refractivity contribution in [2.24, 2.45) is 0 Å². The monoisotopic (exact) mass is 359 g/mol. The fraction of sp³-hybridized carbons (Fsp3) is 0.308. The van der Waals surface area contributed by atoms with E-state index in [1.165, 1.54) is 0 Å². The zero-order valence-corrected chi connectivity index (χ0v) is 13.2. The van der Waals surface area contributed by atoms with Crippen LogP contribution >= 0.6 is 39.1 Å². The molecule has 1 aromatic heterocycles. The summed E-state index contributed by atoms with van der Waals surface area (Å²) in [6.45, 7) is 3.91. The molecule has 1 aliphatic heterocycles. The Bertz CT molecular complexity index is 627. The summed E-state index contributed by atoms with van der Waals surface area (Å²) < 4.78 is 0.986. The van der Waals surface area contributed by atoms with Gasteiger partial charge in [0.05, 0.1) is 25.7 Å². The van der Waals surface area contributed by atoms with Crippen LogP contribution in [0.1, 0.15) is 0 Å². The normalized spacial score (nSPS) is 16.1. The first kappa shape index (κ1) is 13.4. The zero-order chi connectivity index (χ0) is 13.4. The maximum atomic E-state index is 6.15. The van der Waals surface area contributed by atoms with Gasteiger partial charge < -0.3 is 10.2 Å². The molecule has 3 rings (SSSR count). The predicted octanol–water partition coefficient (Wildman–Crippen LogP) is 3.71. The molecule has 0 aliphatic carbocycles. The van der Waals surface area contributed by atoms with E-state index in [0.717, 1.165) is 47.2 Å². The third-order valence-electron chi connectivity index (χ3n) is 3.27. The Labute approximate surface area is 130 Å². The fourth-order valence-electron chi connectivity index (χ4n) is 2.36. The van der Waals surface area contributed by atoms with Crippen LogP contribution in [0.2, 0.25) is 10.0 Å². The number of nitrogens with zero attached hydrogens (tertiary/aromatic N) is 2. The van der Waals surface area contributed by atoms with Crippen LogP contribution < -0.4 is 10.2 Å². The van der Waals surface area contributed by atoms with E-state index < -0.39 is 0 Å². The molecule has 6 heteroatoms. The smallest absolute Gasteiger partial charge is 0.0739 e. The van der Waals surface area contributed by atoms with Crippen LogP contribution in [0.3, 0.4) is 0 Å². The summed E-state index contributed by atoms with van der Waals surface area (Å²) in [5.74, 6) is 0. The maximum Gasteiger partial charge on any atom is 0.0739 e. The highest BCUT2D eigenvalue weighted by molar-refractivity contribution is 9.10. The van der Waals surface area contributed by atoms with Crippen molar-refractivity contribution in [2.45, 2.75) is 0 Å². The third-order valence-corrected chi connectivity index (χ3v) is 4.57. The van der Waals surface area contributed by atoms with Crippen LogP contribution in [0.15, 0.2) is 22.8 Å². The topological polar surface area (TPSA) is 28.2 Å². The molecular weight excluding hydrogens is 349 g/mol. The average Bonchev–Trinajstić information content (AvgIpc) is 2.42. The van der Waals surface area contributed by atoms with Crippen LogP contribution in [-0.2, 0) is 0 Å². The molecule has 1 fully saturated rings. The maximum absolute atomic E-state index is 6.15. The Kier molecular flexibility index (Phi) is 3.85. The predicted molar refractivity (Wildman–Crippen MR) is 84.5 cm³/mol. The van der Waals surface area contributed by atoms with Gasteiger partial charge in [-0.3, -0.25) is 4.98 Å². The van der Waals surface area contributed by atoms with Gasteiger partial charge in [-0.1, -0.05) is 23.2 Å². The molecule has 1 aromatic carbocycles. The molecular formula is C13H12BrCl2N3. The molecule has 0 atom stereocenters. The molecule has 2 aromatic rings. The van der Waals surface area contributed by atoms with Crippen LogP contribution in [0.4, 0.5) is 5.69 Å². The highest BCUT2D eigenvalue weighted by Crippen LogP contribution is 2.37. The molecule has 1 N–H and O–H groups in total. The SMILES string of the molecule is Clc1cc2ncc(Br)c(N3CCNCC3)c2cc1Cl. The molecule has 2 heterocycles. The first-order chi connectivity index (χ1) is 9.16. The Morgan fingerprint density at radius 2 is 1.84 bits per heavy atom. The number of rotatable bonds is 1. The third kappa shape index (κ3) is 2.55. The van der Waals surface area contributed by atoms with Gasteiger partial charge in [0.1, 0.15) is 0 Å². The van der Waals surface area contributed by atoms with Crippen molar-refractivity contribution in [3.63, 3.8) is 0 Å². The Morgan fingerprint density at radius 3 is 2.58 bits per heavy atom. The lowest BCUT2D eigenvalue weighted by molar-refractivity contribution is 0.589. The number of hydrogen-bond donors (Lipinski definition) is 1. The highest BCUT2D eigenvalue weighted by Gasteiger charge is 2.17. The fourth-order valence-corrected chi connectivity index (χ4v) is 3.25. The van der Waals surface area contributed by atoms with Gasteiger partial charge in [-0.25, -0.2) is 0 Å². The summed E-state index contributed by atoms with van der Waals surface area (Å²) >= 11 is 15.8. The Hall–Kier alpha value is -0.550. The standard InChI is InChI=1S/C13H12BrCl2N3/c14-9-7-18-12-6-11(16)10(15)5-8(12)13(9)19-3-1-17-2-4-19/h5-7,17H,1-4H2. The van der Waals surface area contributed by atoms with Crippen molar-refractivity contribution in [3.05, 3.63) is 32.8 Å². The van der Waals surface area contributed by atoms with Crippen molar-refractivity contribution in [3.8, 4) is 0 Å². The minimum absolute atomic E-state index is 0.537. The highest BCUT2D eigenvalue weighted by atomic mass is 79.9. The van der Waals surface area contributed by atoms with Gasteiger partial charge in [0.2, 0.25) is 0 Å². The first-order valence-electron chi connectivity index (χ1n) is 6.06. The molecule has 1 saturated heterocycles. The van der Waals surface area contributed by atoms with Gasteiger partial charge >= 0.3 is 0 Å². The van der Waals surface area contributed by atoms with E-state index in [1.807, 2.05) is 18.3 Å². The van der Waals surface area contributed by atoms with Gasteiger partial charge in [0.15, 0.2) is 0 Å². The number of benzene rings is 1. The number of aromatic nitrogens is 1. The molecule has 0 unspecified atom stereocenters.